The molecule has 0 bridgehead atoms. The Hall–Kier alpha value is -0.440. The molecule has 0 saturated heterocycles. The topological polar surface area (TPSA) is 9.23 Å². The Morgan fingerprint density at radius 1 is 1.67 bits per heavy atom. The molecule has 0 aliphatic heterocycles. The summed E-state index contributed by atoms with van der Waals surface area (Å²) >= 11 is 0. The summed E-state index contributed by atoms with van der Waals surface area (Å²) in [5.74, 6) is 0. The quantitative estimate of drug-likeness (QED) is 0.538. The third kappa shape index (κ3) is 4.09. The van der Waals surface area contributed by atoms with Gasteiger partial charge in [-0.2, -0.15) is 8.78 Å². The molecule has 0 saturated carbocycles. The lowest BCUT2D eigenvalue weighted by Crippen LogP contribution is -2.19. The van der Waals surface area contributed by atoms with Crippen LogP contribution in [0.15, 0.2) is 12.7 Å². The maximum atomic E-state index is 12.1. The van der Waals surface area contributed by atoms with E-state index in [1.165, 1.54) is 6.92 Å². The van der Waals surface area contributed by atoms with Gasteiger partial charge in [-0.15, -0.1) is 6.58 Å². The van der Waals surface area contributed by atoms with Crippen LogP contribution in [0.5, 0.6) is 0 Å². The SMILES string of the molecule is C=CCC(F)(F)OCC. The Morgan fingerprint density at radius 2 is 2.22 bits per heavy atom. The lowest BCUT2D eigenvalue weighted by Gasteiger charge is -2.12. The number of ether oxygens (including phenoxy) is 1. The fourth-order valence-corrected chi connectivity index (χ4v) is 0.438. The van der Waals surface area contributed by atoms with Crippen molar-refractivity contribution in [3.05, 3.63) is 12.7 Å². The molecule has 0 spiro atoms. The zero-order valence-corrected chi connectivity index (χ0v) is 5.36. The van der Waals surface area contributed by atoms with Crippen molar-refractivity contribution in [1.29, 1.82) is 0 Å². The minimum absolute atomic E-state index is 0.0286. The average Bonchev–Trinajstić information content (AvgIpc) is 1.64. The minimum Gasteiger partial charge on any atom is -0.321 e. The largest absolute Gasteiger partial charge is 0.359 e. The molecular formula is C6H10F2O. The van der Waals surface area contributed by atoms with Crippen LogP contribution in [0.25, 0.3) is 0 Å². The molecule has 0 aromatic heterocycles. The van der Waals surface area contributed by atoms with Crippen molar-refractivity contribution in [2.75, 3.05) is 6.61 Å². The van der Waals surface area contributed by atoms with Gasteiger partial charge in [-0.25, -0.2) is 0 Å². The second-order valence-corrected chi connectivity index (χ2v) is 1.56. The van der Waals surface area contributed by atoms with Gasteiger partial charge in [0.15, 0.2) is 0 Å². The van der Waals surface area contributed by atoms with Crippen molar-refractivity contribution in [1.82, 2.24) is 0 Å². The summed E-state index contributed by atoms with van der Waals surface area (Å²) in [4.78, 5) is 0. The Bertz CT molecular complexity index is 91.1. The van der Waals surface area contributed by atoms with Gasteiger partial charge in [0, 0.05) is 0 Å². The first-order valence-corrected chi connectivity index (χ1v) is 2.75. The second-order valence-electron chi connectivity index (χ2n) is 1.56. The van der Waals surface area contributed by atoms with Crippen LogP contribution in [0.1, 0.15) is 13.3 Å². The van der Waals surface area contributed by atoms with Gasteiger partial charge in [-0.1, -0.05) is 6.08 Å². The van der Waals surface area contributed by atoms with Gasteiger partial charge in [-0.3, -0.25) is 0 Å². The molecule has 0 heterocycles. The van der Waals surface area contributed by atoms with E-state index < -0.39 is 12.5 Å². The number of hydrogen-bond acceptors (Lipinski definition) is 1. The molecule has 54 valence electrons. The monoisotopic (exact) mass is 136 g/mol. The van der Waals surface area contributed by atoms with E-state index >= 15 is 0 Å². The van der Waals surface area contributed by atoms with E-state index in [4.69, 9.17) is 0 Å². The van der Waals surface area contributed by atoms with E-state index in [1.54, 1.807) is 0 Å². The van der Waals surface area contributed by atoms with Gasteiger partial charge in [0.05, 0.1) is 13.0 Å². The molecule has 0 fully saturated rings. The summed E-state index contributed by atoms with van der Waals surface area (Å²) in [7, 11) is 0. The standard InChI is InChI=1S/C6H10F2O/c1-3-5-6(7,8)9-4-2/h3H,1,4-5H2,2H3. The van der Waals surface area contributed by atoms with E-state index in [9.17, 15) is 8.78 Å². The van der Waals surface area contributed by atoms with Gasteiger partial charge in [-0.05, 0) is 6.92 Å². The predicted molar refractivity (Wildman–Crippen MR) is 31.4 cm³/mol. The second kappa shape index (κ2) is 3.56. The molecule has 0 atom stereocenters. The van der Waals surface area contributed by atoms with Gasteiger partial charge < -0.3 is 4.74 Å². The van der Waals surface area contributed by atoms with Crippen molar-refractivity contribution >= 4 is 0 Å². The first-order valence-electron chi connectivity index (χ1n) is 2.75. The summed E-state index contributed by atoms with van der Waals surface area (Å²) in [6, 6.07) is 0. The number of hydrogen-bond donors (Lipinski definition) is 0. The molecule has 0 aliphatic carbocycles. The van der Waals surface area contributed by atoms with E-state index in [-0.39, 0.29) is 6.61 Å². The molecule has 9 heavy (non-hydrogen) atoms. The van der Waals surface area contributed by atoms with Gasteiger partial charge in [0.25, 0.3) is 0 Å². The maximum Gasteiger partial charge on any atom is 0.359 e. The molecule has 0 amide bonds. The van der Waals surface area contributed by atoms with Crippen LogP contribution >= 0.6 is 0 Å². The van der Waals surface area contributed by atoms with Crippen molar-refractivity contribution in [2.45, 2.75) is 19.5 Å². The molecule has 0 aliphatic rings. The summed E-state index contributed by atoms with van der Waals surface area (Å²) in [5, 5.41) is 0. The smallest absolute Gasteiger partial charge is 0.321 e. The average molecular weight is 136 g/mol. The predicted octanol–water partition coefficient (Wildman–Crippen LogP) is 2.19. The summed E-state index contributed by atoms with van der Waals surface area (Å²) < 4.78 is 28.3. The zero-order valence-electron chi connectivity index (χ0n) is 5.36. The minimum atomic E-state index is -3.02. The van der Waals surface area contributed by atoms with Crippen molar-refractivity contribution in [3.8, 4) is 0 Å². The Kier molecular flexibility index (Phi) is 3.39. The Labute approximate surface area is 53.3 Å². The van der Waals surface area contributed by atoms with Crippen LogP contribution in [-0.2, 0) is 4.74 Å². The van der Waals surface area contributed by atoms with Crippen LogP contribution in [0.3, 0.4) is 0 Å². The molecular weight excluding hydrogens is 126 g/mol. The molecule has 0 rings (SSSR count). The summed E-state index contributed by atoms with van der Waals surface area (Å²) in [5.41, 5.74) is 0. The molecule has 1 nitrogen and oxygen atoms in total. The normalized spacial score (nSPS) is 11.4. The van der Waals surface area contributed by atoms with E-state index in [0.717, 1.165) is 6.08 Å². The van der Waals surface area contributed by atoms with Crippen LogP contribution in [0.4, 0.5) is 8.78 Å². The molecule has 3 heteroatoms. The third-order valence-electron chi connectivity index (χ3n) is 0.737. The van der Waals surface area contributed by atoms with Gasteiger partial charge in [0.2, 0.25) is 0 Å². The van der Waals surface area contributed by atoms with Gasteiger partial charge >= 0.3 is 6.11 Å². The fraction of sp³-hybridized carbons (Fsp3) is 0.667. The molecule has 0 unspecified atom stereocenters. The molecule has 0 aromatic rings. The molecule has 0 radical (unpaired) electrons. The number of rotatable bonds is 4. The fourth-order valence-electron chi connectivity index (χ4n) is 0.438. The summed E-state index contributed by atoms with van der Waals surface area (Å²) in [6.07, 6.45) is -2.30. The molecule has 0 N–H and O–H groups in total. The van der Waals surface area contributed by atoms with Crippen molar-refractivity contribution in [3.63, 3.8) is 0 Å². The van der Waals surface area contributed by atoms with Crippen LogP contribution in [-0.4, -0.2) is 12.7 Å². The Balaban J connectivity index is 3.55. The molecule has 0 aromatic carbocycles. The van der Waals surface area contributed by atoms with E-state index in [0.29, 0.717) is 0 Å². The zero-order chi connectivity index (χ0) is 7.33. The lowest BCUT2D eigenvalue weighted by atomic mass is 10.4. The van der Waals surface area contributed by atoms with E-state index in [1.807, 2.05) is 0 Å². The van der Waals surface area contributed by atoms with Crippen molar-refractivity contribution in [2.24, 2.45) is 0 Å². The van der Waals surface area contributed by atoms with Crippen LogP contribution < -0.4 is 0 Å². The van der Waals surface area contributed by atoms with Crippen LogP contribution in [0.2, 0.25) is 0 Å². The highest BCUT2D eigenvalue weighted by molar-refractivity contribution is 4.71. The number of halogens is 2. The van der Waals surface area contributed by atoms with Crippen molar-refractivity contribution < 1.29 is 13.5 Å². The maximum absolute atomic E-state index is 12.1. The highest BCUT2D eigenvalue weighted by Gasteiger charge is 2.26. The van der Waals surface area contributed by atoms with Gasteiger partial charge in [0.1, 0.15) is 0 Å². The highest BCUT2D eigenvalue weighted by atomic mass is 19.3. The van der Waals surface area contributed by atoms with E-state index in [2.05, 4.69) is 11.3 Å². The van der Waals surface area contributed by atoms with Crippen LogP contribution in [0, 0.1) is 0 Å². The lowest BCUT2D eigenvalue weighted by molar-refractivity contribution is -0.232. The Morgan fingerprint density at radius 3 is 2.56 bits per heavy atom. The number of alkyl halides is 2. The highest BCUT2D eigenvalue weighted by Crippen LogP contribution is 2.19. The first kappa shape index (κ1) is 8.56. The third-order valence-corrected chi connectivity index (χ3v) is 0.737. The summed E-state index contributed by atoms with van der Waals surface area (Å²) in [6.45, 7) is 4.72. The first-order chi connectivity index (χ1) is 4.12.